The summed E-state index contributed by atoms with van der Waals surface area (Å²) in [7, 11) is 5.28. The summed E-state index contributed by atoms with van der Waals surface area (Å²) in [6, 6.07) is -0.941. The molecule has 64 heavy (non-hydrogen) atoms. The van der Waals surface area contributed by atoms with Crippen LogP contribution in [0.25, 0.3) is 11.2 Å². The molecule has 0 unspecified atom stereocenters. The molecular formula is C45H79N7O12. The molecule has 0 radical (unpaired) electrons. The van der Waals surface area contributed by atoms with Crippen molar-refractivity contribution in [3.05, 3.63) is 12.7 Å². The number of aromatic amines is 1. The molecule has 0 spiro atoms. The highest BCUT2D eigenvalue weighted by atomic mass is 16.7. The van der Waals surface area contributed by atoms with Gasteiger partial charge in [0.25, 0.3) is 0 Å². The quantitative estimate of drug-likeness (QED) is 0.119. The molecule has 2 aromatic heterocycles. The highest BCUT2D eigenvalue weighted by molar-refractivity contribution is 5.81. The fraction of sp³-hybridized carbons (Fsp3) is 0.867. The average molecular weight is 910 g/mol. The van der Waals surface area contributed by atoms with Crippen molar-refractivity contribution in [3.63, 3.8) is 0 Å². The van der Waals surface area contributed by atoms with Crippen molar-refractivity contribution >= 4 is 23.0 Å². The maximum absolute atomic E-state index is 14.5. The molecule has 5 rings (SSSR count). The van der Waals surface area contributed by atoms with E-state index >= 15 is 0 Å². The van der Waals surface area contributed by atoms with Crippen LogP contribution in [-0.4, -0.2) is 192 Å². The minimum Gasteiger partial charge on any atom is -0.459 e. The van der Waals surface area contributed by atoms with Gasteiger partial charge in [-0.3, -0.25) is 9.69 Å². The van der Waals surface area contributed by atoms with E-state index in [9.17, 15) is 30.3 Å². The van der Waals surface area contributed by atoms with Crippen molar-refractivity contribution in [1.82, 2.24) is 29.7 Å². The normalized spacial score (nSPS) is 42.5. The number of hydrogen-bond donors (Lipinski definition) is 7. The number of likely N-dealkylation sites (N-methyl/N-ethyl adjacent to an activating group) is 1. The molecule has 19 nitrogen and oxygen atoms in total. The Kier molecular flexibility index (Phi) is 17.6. The standard InChI is InChI=1S/C45H79N7O12/c1-14-31-45(10,58)36(54)28(6)52(17-15-16-46-39-33-40(48-22-47-33)50-23-49-39)21-24(2)19-43(8,57)38(64-42-34(53)30(51(11)12)18-25(3)60-42)26(4)35(27(5)41(56)62-31)63-32-20-44(9,59-13)37(55)29(7)61-32/h22-32,34-38,42,53-55,57-58H,14-21H2,1-13H3,(H2,46,47,48,49,50)/t24-,25-,26+,27-,28-,29+,30+,31-,32+,34-,35+,36-,37+,38-,42+,43-,44-,45-/m1/s1. The monoisotopic (exact) mass is 910 g/mol. The lowest BCUT2D eigenvalue weighted by molar-refractivity contribution is -0.318. The predicted molar refractivity (Wildman–Crippen MR) is 238 cm³/mol. The van der Waals surface area contributed by atoms with Crippen LogP contribution in [0.1, 0.15) is 101 Å². The third kappa shape index (κ3) is 11.7. The molecule has 2 aromatic rings. The van der Waals surface area contributed by atoms with Crippen LogP contribution in [0.3, 0.4) is 0 Å². The second-order valence-corrected chi connectivity index (χ2v) is 19.8. The number of fused-ring (bicyclic) bond motifs is 1. The van der Waals surface area contributed by atoms with Crippen LogP contribution in [0, 0.1) is 17.8 Å². The van der Waals surface area contributed by atoms with E-state index in [0.717, 1.165) is 0 Å². The molecule has 18 atom stereocenters. The Balaban J connectivity index is 1.53. The molecule has 3 saturated heterocycles. The van der Waals surface area contributed by atoms with Gasteiger partial charge in [-0.25, -0.2) is 15.0 Å². The van der Waals surface area contributed by atoms with E-state index in [-0.39, 0.29) is 37.3 Å². The first-order chi connectivity index (χ1) is 29.9. The number of aliphatic hydroxyl groups is 5. The highest BCUT2D eigenvalue weighted by Gasteiger charge is 2.53. The number of esters is 1. The maximum atomic E-state index is 14.5. The number of carbonyl (C=O) groups is 1. The molecule has 0 saturated carbocycles. The number of carbonyl (C=O) groups excluding carboxylic acids is 1. The van der Waals surface area contributed by atoms with Gasteiger partial charge in [0, 0.05) is 51.2 Å². The van der Waals surface area contributed by atoms with Gasteiger partial charge in [-0.05, 0) is 94.2 Å². The Hall–Kier alpha value is -2.66. The lowest BCUT2D eigenvalue weighted by Crippen LogP contribution is -2.60. The Bertz CT molecular complexity index is 1790. The molecule has 0 aromatic carbocycles. The van der Waals surface area contributed by atoms with Crippen molar-refractivity contribution in [2.45, 2.75) is 192 Å². The van der Waals surface area contributed by atoms with E-state index in [1.165, 1.54) is 20.4 Å². The van der Waals surface area contributed by atoms with Gasteiger partial charge >= 0.3 is 5.97 Å². The van der Waals surface area contributed by atoms with E-state index in [1.54, 1.807) is 40.9 Å². The molecular weight excluding hydrogens is 831 g/mol. The zero-order chi connectivity index (χ0) is 47.5. The number of ether oxygens (including phenoxy) is 6. The number of nitrogens with zero attached hydrogens (tertiary/aromatic N) is 5. The summed E-state index contributed by atoms with van der Waals surface area (Å²) in [5, 5.41) is 63.2. The molecule has 3 aliphatic rings. The molecule has 7 N–H and O–H groups in total. The summed E-state index contributed by atoms with van der Waals surface area (Å²) in [4.78, 5) is 34.4. The van der Waals surface area contributed by atoms with Gasteiger partial charge in [-0.1, -0.05) is 20.8 Å². The van der Waals surface area contributed by atoms with Gasteiger partial charge in [0.05, 0.1) is 47.9 Å². The Morgan fingerprint density at radius 3 is 2.34 bits per heavy atom. The predicted octanol–water partition coefficient (Wildman–Crippen LogP) is 2.44. The smallest absolute Gasteiger partial charge is 0.311 e. The highest BCUT2D eigenvalue weighted by Crippen LogP contribution is 2.40. The lowest BCUT2D eigenvalue weighted by Gasteiger charge is -2.48. The van der Waals surface area contributed by atoms with Gasteiger partial charge in [0.2, 0.25) is 0 Å². The van der Waals surface area contributed by atoms with E-state index in [4.69, 9.17) is 28.4 Å². The van der Waals surface area contributed by atoms with Gasteiger partial charge in [0.15, 0.2) is 24.0 Å². The first kappa shape index (κ1) is 52.3. The molecule has 3 fully saturated rings. The zero-order valence-electron chi connectivity index (χ0n) is 40.3. The third-order valence-corrected chi connectivity index (χ3v) is 14.2. The number of H-pyrrole nitrogens is 1. The van der Waals surface area contributed by atoms with Gasteiger partial charge < -0.3 is 69.2 Å². The van der Waals surface area contributed by atoms with Crippen LogP contribution >= 0.6 is 0 Å². The summed E-state index contributed by atoms with van der Waals surface area (Å²) in [6.07, 6.45) is -5.16. The summed E-state index contributed by atoms with van der Waals surface area (Å²) in [5.41, 5.74) is -3.34. The largest absolute Gasteiger partial charge is 0.459 e. The Morgan fingerprint density at radius 2 is 1.69 bits per heavy atom. The Morgan fingerprint density at radius 1 is 0.984 bits per heavy atom. The SMILES string of the molecule is CC[C@H]1OC(=O)[C@H](C)[C@@H](O[C@H]2C[C@@](C)(OC)[C@@H](O)[C@H](C)O2)[C@H](C)[C@@H](O[C@@H]2O[C@H](C)C[C@H](N(C)C)[C@H]2O)[C@](C)(O)C[C@@H](C)CN(CCCNc2ncnc3[nH]cnc23)[C@H](C)[C@@H](O)[C@]1(C)O. The molecule has 5 heterocycles. The van der Waals surface area contributed by atoms with Crippen LogP contribution in [-0.2, 0) is 33.2 Å². The minimum atomic E-state index is -1.89. The van der Waals surface area contributed by atoms with E-state index in [0.29, 0.717) is 49.5 Å². The van der Waals surface area contributed by atoms with Crippen molar-refractivity contribution in [1.29, 1.82) is 0 Å². The Labute approximate surface area is 378 Å². The second kappa shape index (κ2) is 21.5. The van der Waals surface area contributed by atoms with E-state index in [2.05, 4.69) is 30.2 Å². The molecule has 0 amide bonds. The topological polar surface area (TPSA) is 247 Å². The molecule has 366 valence electrons. The van der Waals surface area contributed by atoms with E-state index < -0.39 is 96.0 Å². The minimum absolute atomic E-state index is 0.111. The van der Waals surface area contributed by atoms with Crippen molar-refractivity contribution in [3.8, 4) is 0 Å². The second-order valence-electron chi connectivity index (χ2n) is 19.8. The number of imidazole rings is 1. The van der Waals surface area contributed by atoms with Crippen molar-refractivity contribution in [2.75, 3.05) is 46.2 Å². The summed E-state index contributed by atoms with van der Waals surface area (Å²) < 4.78 is 38.1. The fourth-order valence-electron chi connectivity index (χ4n) is 10.3. The fourth-order valence-corrected chi connectivity index (χ4v) is 10.3. The number of cyclic esters (lactones) is 1. The number of nitrogens with one attached hydrogen (secondary N) is 2. The number of rotatable bonds is 12. The zero-order valence-corrected chi connectivity index (χ0v) is 40.3. The van der Waals surface area contributed by atoms with Crippen molar-refractivity contribution < 1.29 is 58.7 Å². The number of aromatic nitrogens is 4. The summed E-state index contributed by atoms with van der Waals surface area (Å²) in [6.45, 7) is 19.0. The number of methoxy groups -OCH3 is 1. The lowest BCUT2D eigenvalue weighted by atomic mass is 9.77. The van der Waals surface area contributed by atoms with Gasteiger partial charge in [-0.15, -0.1) is 0 Å². The van der Waals surface area contributed by atoms with Crippen LogP contribution in [0.4, 0.5) is 5.82 Å². The van der Waals surface area contributed by atoms with Crippen LogP contribution in [0.5, 0.6) is 0 Å². The molecule has 0 bridgehead atoms. The summed E-state index contributed by atoms with van der Waals surface area (Å²) in [5.74, 6) is -2.20. The first-order valence-corrected chi connectivity index (χ1v) is 23.1. The average Bonchev–Trinajstić information content (AvgIpc) is 3.73. The molecule has 3 aliphatic heterocycles. The first-order valence-electron chi connectivity index (χ1n) is 23.1. The molecule has 0 aliphatic carbocycles. The number of anilines is 1. The number of hydrogen-bond acceptors (Lipinski definition) is 18. The van der Waals surface area contributed by atoms with Crippen molar-refractivity contribution in [2.24, 2.45) is 17.8 Å². The third-order valence-electron chi connectivity index (χ3n) is 14.2. The van der Waals surface area contributed by atoms with Crippen LogP contribution < -0.4 is 5.32 Å². The van der Waals surface area contributed by atoms with Gasteiger partial charge in [-0.2, -0.15) is 0 Å². The molecule has 19 heteroatoms. The van der Waals surface area contributed by atoms with E-state index in [1.807, 2.05) is 46.7 Å². The van der Waals surface area contributed by atoms with Crippen LogP contribution in [0.15, 0.2) is 12.7 Å². The number of aliphatic hydroxyl groups excluding tert-OH is 3. The van der Waals surface area contributed by atoms with Crippen LogP contribution in [0.2, 0.25) is 0 Å². The summed E-state index contributed by atoms with van der Waals surface area (Å²) >= 11 is 0. The maximum Gasteiger partial charge on any atom is 0.311 e. The van der Waals surface area contributed by atoms with Gasteiger partial charge in [0.1, 0.15) is 41.9 Å².